The summed E-state index contributed by atoms with van der Waals surface area (Å²) in [4.78, 5) is 5.02. The average Bonchev–Trinajstić information content (AvgIpc) is 2.86. The van der Waals surface area contributed by atoms with Gasteiger partial charge in [-0.05, 0) is 31.4 Å². The fourth-order valence-electron chi connectivity index (χ4n) is 3.49. The zero-order valence-corrected chi connectivity index (χ0v) is 11.1. The molecule has 0 unspecified atom stereocenters. The molecule has 102 valence electrons. The smallest absolute Gasteiger partial charge is 0.0689 e. The molecule has 0 aliphatic carbocycles. The highest BCUT2D eigenvalue weighted by Crippen LogP contribution is 2.25. The molecule has 3 heterocycles. The third-order valence-corrected chi connectivity index (χ3v) is 4.51. The van der Waals surface area contributed by atoms with Gasteiger partial charge in [0.1, 0.15) is 0 Å². The number of aliphatic hydroxyl groups excluding tert-OH is 1. The normalized spacial score (nSPS) is 34.4. The molecule has 2 fully saturated rings. The van der Waals surface area contributed by atoms with Gasteiger partial charge in [0, 0.05) is 31.7 Å². The maximum absolute atomic E-state index is 9.59. The first-order valence-corrected chi connectivity index (χ1v) is 7.21. The molecule has 0 amide bonds. The molecular formula is C14H24N2O2. The number of fused-ring (bicyclic) bond motifs is 1. The molecule has 0 saturated carbocycles. The monoisotopic (exact) mass is 252 g/mol. The number of nitrogens with zero attached hydrogens (tertiary/aromatic N) is 2. The van der Waals surface area contributed by atoms with Crippen LogP contribution >= 0.6 is 0 Å². The van der Waals surface area contributed by atoms with Crippen LogP contribution in [0.5, 0.6) is 0 Å². The van der Waals surface area contributed by atoms with E-state index in [1.807, 2.05) is 0 Å². The van der Waals surface area contributed by atoms with Crippen LogP contribution in [0.15, 0.2) is 11.6 Å². The van der Waals surface area contributed by atoms with Crippen molar-refractivity contribution in [1.82, 2.24) is 9.80 Å². The van der Waals surface area contributed by atoms with Crippen molar-refractivity contribution in [3.8, 4) is 0 Å². The Labute approximate surface area is 109 Å². The second-order valence-corrected chi connectivity index (χ2v) is 5.76. The van der Waals surface area contributed by atoms with Crippen LogP contribution in [0.3, 0.4) is 0 Å². The van der Waals surface area contributed by atoms with Gasteiger partial charge in [0.2, 0.25) is 0 Å². The van der Waals surface area contributed by atoms with Gasteiger partial charge < -0.3 is 9.84 Å². The Morgan fingerprint density at radius 1 is 1.39 bits per heavy atom. The van der Waals surface area contributed by atoms with E-state index >= 15 is 0 Å². The minimum atomic E-state index is 0.275. The lowest BCUT2D eigenvalue weighted by Gasteiger charge is -2.43. The fraction of sp³-hybridized carbons (Fsp3) is 0.857. The van der Waals surface area contributed by atoms with Gasteiger partial charge >= 0.3 is 0 Å². The zero-order valence-electron chi connectivity index (χ0n) is 11.1. The summed E-state index contributed by atoms with van der Waals surface area (Å²) in [5.41, 5.74) is 1.39. The molecule has 0 radical (unpaired) electrons. The average molecular weight is 252 g/mol. The Kier molecular flexibility index (Phi) is 3.99. The summed E-state index contributed by atoms with van der Waals surface area (Å²) in [6, 6.07) is 1.03. The van der Waals surface area contributed by atoms with E-state index in [1.165, 1.54) is 25.0 Å². The van der Waals surface area contributed by atoms with Crippen molar-refractivity contribution in [2.24, 2.45) is 0 Å². The van der Waals surface area contributed by atoms with Crippen LogP contribution in [0.2, 0.25) is 0 Å². The highest BCUT2D eigenvalue weighted by Gasteiger charge is 2.36. The van der Waals surface area contributed by atoms with Gasteiger partial charge in [0.25, 0.3) is 0 Å². The zero-order chi connectivity index (χ0) is 12.4. The Balaban J connectivity index is 1.63. The van der Waals surface area contributed by atoms with Gasteiger partial charge in [-0.1, -0.05) is 6.08 Å². The topological polar surface area (TPSA) is 35.9 Å². The summed E-state index contributed by atoms with van der Waals surface area (Å²) in [5, 5.41) is 9.59. The molecule has 2 atom stereocenters. The number of rotatable bonds is 3. The molecule has 4 heteroatoms. The number of piperazine rings is 1. The first kappa shape index (κ1) is 12.6. The van der Waals surface area contributed by atoms with E-state index < -0.39 is 0 Å². The Morgan fingerprint density at radius 3 is 3.11 bits per heavy atom. The first-order valence-electron chi connectivity index (χ1n) is 7.21. The van der Waals surface area contributed by atoms with Crippen LogP contribution in [0.25, 0.3) is 0 Å². The summed E-state index contributed by atoms with van der Waals surface area (Å²) >= 11 is 0. The molecule has 0 aromatic heterocycles. The fourth-order valence-corrected chi connectivity index (χ4v) is 3.49. The van der Waals surface area contributed by atoms with E-state index in [0.29, 0.717) is 6.04 Å². The molecule has 2 saturated heterocycles. The van der Waals surface area contributed by atoms with Crippen molar-refractivity contribution in [2.75, 3.05) is 46.0 Å². The number of aliphatic hydroxyl groups is 1. The second-order valence-electron chi connectivity index (χ2n) is 5.76. The standard InChI is InChI=1S/C14H24N2O2/c17-10-14-9-15-5-1-4-13(15)8-16(14)7-12-3-2-6-18-11-12/h3,13-14,17H,1-2,4-11H2/t13-,14+/m0/s1. The van der Waals surface area contributed by atoms with Crippen molar-refractivity contribution < 1.29 is 9.84 Å². The van der Waals surface area contributed by atoms with Gasteiger partial charge in [-0.25, -0.2) is 0 Å². The van der Waals surface area contributed by atoms with Crippen molar-refractivity contribution in [1.29, 1.82) is 0 Å². The summed E-state index contributed by atoms with van der Waals surface area (Å²) in [6.45, 7) is 6.28. The van der Waals surface area contributed by atoms with Crippen LogP contribution in [0.1, 0.15) is 19.3 Å². The van der Waals surface area contributed by atoms with E-state index in [1.54, 1.807) is 0 Å². The highest BCUT2D eigenvalue weighted by atomic mass is 16.5. The highest BCUT2D eigenvalue weighted by molar-refractivity contribution is 5.09. The van der Waals surface area contributed by atoms with Gasteiger partial charge in [-0.3, -0.25) is 9.80 Å². The number of hydrogen-bond donors (Lipinski definition) is 1. The van der Waals surface area contributed by atoms with E-state index in [9.17, 15) is 5.11 Å². The van der Waals surface area contributed by atoms with Crippen LogP contribution in [-0.4, -0.2) is 73.0 Å². The van der Waals surface area contributed by atoms with Crippen molar-refractivity contribution in [3.05, 3.63) is 11.6 Å². The molecule has 0 bridgehead atoms. The van der Waals surface area contributed by atoms with Crippen LogP contribution in [0.4, 0.5) is 0 Å². The maximum atomic E-state index is 9.59. The van der Waals surface area contributed by atoms with Crippen LogP contribution in [0, 0.1) is 0 Å². The second kappa shape index (κ2) is 5.70. The van der Waals surface area contributed by atoms with Crippen molar-refractivity contribution >= 4 is 0 Å². The largest absolute Gasteiger partial charge is 0.395 e. The van der Waals surface area contributed by atoms with E-state index in [2.05, 4.69) is 15.9 Å². The summed E-state index contributed by atoms with van der Waals surface area (Å²) in [6.07, 6.45) is 6.01. The summed E-state index contributed by atoms with van der Waals surface area (Å²) in [5.74, 6) is 0. The third kappa shape index (κ3) is 2.62. The Bertz CT molecular complexity index is 319. The summed E-state index contributed by atoms with van der Waals surface area (Å²) in [7, 11) is 0. The predicted molar refractivity (Wildman–Crippen MR) is 70.6 cm³/mol. The van der Waals surface area contributed by atoms with E-state index in [4.69, 9.17) is 4.74 Å². The summed E-state index contributed by atoms with van der Waals surface area (Å²) < 4.78 is 5.51. The molecule has 3 aliphatic rings. The SMILES string of the molecule is OC[C@H]1CN2CCC[C@H]2CN1CC1=CCCOC1. The van der Waals surface area contributed by atoms with Gasteiger partial charge in [-0.2, -0.15) is 0 Å². The number of ether oxygens (including phenoxy) is 1. The molecule has 1 N–H and O–H groups in total. The quantitative estimate of drug-likeness (QED) is 0.741. The Hall–Kier alpha value is -0.420. The molecule has 0 spiro atoms. The molecule has 0 aromatic carbocycles. The van der Waals surface area contributed by atoms with Gasteiger partial charge in [0.05, 0.1) is 19.8 Å². The van der Waals surface area contributed by atoms with Crippen LogP contribution in [-0.2, 0) is 4.74 Å². The number of hydrogen-bond acceptors (Lipinski definition) is 4. The lowest BCUT2D eigenvalue weighted by molar-refractivity contribution is 0.0242. The molecule has 3 rings (SSSR count). The van der Waals surface area contributed by atoms with Gasteiger partial charge in [-0.15, -0.1) is 0 Å². The third-order valence-electron chi connectivity index (χ3n) is 4.51. The van der Waals surface area contributed by atoms with Crippen molar-refractivity contribution in [3.63, 3.8) is 0 Å². The Morgan fingerprint density at radius 2 is 2.33 bits per heavy atom. The maximum Gasteiger partial charge on any atom is 0.0689 e. The molecule has 3 aliphatic heterocycles. The van der Waals surface area contributed by atoms with Crippen molar-refractivity contribution in [2.45, 2.75) is 31.3 Å². The van der Waals surface area contributed by atoms with Gasteiger partial charge in [0.15, 0.2) is 0 Å². The van der Waals surface area contributed by atoms with E-state index in [0.717, 1.165) is 45.3 Å². The lowest BCUT2D eigenvalue weighted by Crippen LogP contribution is -2.57. The lowest BCUT2D eigenvalue weighted by atomic mass is 10.1. The molecular weight excluding hydrogens is 228 g/mol. The predicted octanol–water partition coefficient (Wildman–Crippen LogP) is 0.474. The minimum absolute atomic E-state index is 0.275. The first-order chi connectivity index (χ1) is 8.86. The molecule has 4 nitrogen and oxygen atoms in total. The molecule has 18 heavy (non-hydrogen) atoms. The van der Waals surface area contributed by atoms with E-state index in [-0.39, 0.29) is 6.61 Å². The molecule has 0 aromatic rings. The van der Waals surface area contributed by atoms with Crippen LogP contribution < -0.4 is 0 Å². The minimum Gasteiger partial charge on any atom is -0.395 e.